The molecule has 0 spiro atoms. The van der Waals surface area contributed by atoms with Gasteiger partial charge in [-0.1, -0.05) is 6.92 Å². The van der Waals surface area contributed by atoms with E-state index in [0.29, 0.717) is 11.5 Å². The van der Waals surface area contributed by atoms with E-state index in [2.05, 4.69) is 17.6 Å². The summed E-state index contributed by atoms with van der Waals surface area (Å²) in [5, 5.41) is 7.15. The second kappa shape index (κ2) is 3.75. The summed E-state index contributed by atoms with van der Waals surface area (Å²) >= 11 is 3.88. The molecule has 2 nitrogen and oxygen atoms in total. The standard InChI is InChI=1S/C11H16N2S2/c1-11(2-3-11)10-13-9(7-15-10)8-6-14-5-4-12-8/h7-8,12H,2-6H2,1H3. The summed E-state index contributed by atoms with van der Waals surface area (Å²) in [6.07, 6.45) is 2.65. The molecular formula is C11H16N2S2. The zero-order valence-electron chi connectivity index (χ0n) is 8.95. The molecular weight excluding hydrogens is 224 g/mol. The molecule has 15 heavy (non-hydrogen) atoms. The van der Waals surface area contributed by atoms with Crippen molar-refractivity contribution in [2.75, 3.05) is 18.1 Å². The first kappa shape index (κ1) is 10.1. The van der Waals surface area contributed by atoms with Gasteiger partial charge < -0.3 is 5.32 Å². The summed E-state index contributed by atoms with van der Waals surface area (Å²) in [6.45, 7) is 3.46. The molecule has 1 aromatic rings. The average Bonchev–Trinajstić information content (AvgIpc) is 2.85. The number of hydrogen-bond acceptors (Lipinski definition) is 4. The van der Waals surface area contributed by atoms with E-state index in [0.717, 1.165) is 6.54 Å². The van der Waals surface area contributed by atoms with Gasteiger partial charge in [-0.05, 0) is 12.8 Å². The highest BCUT2D eigenvalue weighted by molar-refractivity contribution is 7.99. The van der Waals surface area contributed by atoms with Crippen LogP contribution in [-0.4, -0.2) is 23.0 Å². The molecule has 2 fully saturated rings. The molecule has 2 heterocycles. The van der Waals surface area contributed by atoms with E-state index < -0.39 is 0 Å². The second-order valence-corrected chi connectivity index (χ2v) is 6.73. The second-order valence-electron chi connectivity index (χ2n) is 4.72. The third-order valence-corrected chi connectivity index (χ3v) is 5.55. The van der Waals surface area contributed by atoms with Crippen molar-refractivity contribution in [1.82, 2.24) is 10.3 Å². The van der Waals surface area contributed by atoms with E-state index in [1.54, 1.807) is 0 Å². The molecule has 1 saturated carbocycles. The molecule has 0 radical (unpaired) electrons. The van der Waals surface area contributed by atoms with Crippen LogP contribution in [0.2, 0.25) is 0 Å². The lowest BCUT2D eigenvalue weighted by Gasteiger charge is -2.21. The lowest BCUT2D eigenvalue weighted by atomic mass is 10.1. The van der Waals surface area contributed by atoms with Crippen molar-refractivity contribution in [3.05, 3.63) is 16.1 Å². The largest absolute Gasteiger partial charge is 0.307 e. The van der Waals surface area contributed by atoms with Gasteiger partial charge in [-0.25, -0.2) is 4.98 Å². The van der Waals surface area contributed by atoms with Crippen LogP contribution in [-0.2, 0) is 5.41 Å². The van der Waals surface area contributed by atoms with Crippen molar-refractivity contribution in [2.45, 2.75) is 31.2 Å². The Morgan fingerprint density at radius 3 is 3.07 bits per heavy atom. The third kappa shape index (κ3) is 1.95. The lowest BCUT2D eigenvalue weighted by Crippen LogP contribution is -2.30. The van der Waals surface area contributed by atoms with Crippen LogP contribution < -0.4 is 5.32 Å². The van der Waals surface area contributed by atoms with E-state index in [-0.39, 0.29) is 0 Å². The number of thioether (sulfide) groups is 1. The molecule has 0 aromatic carbocycles. The highest BCUT2D eigenvalue weighted by Crippen LogP contribution is 2.48. The summed E-state index contributed by atoms with van der Waals surface area (Å²) in [4.78, 5) is 4.81. The predicted octanol–water partition coefficient (Wildman–Crippen LogP) is 2.57. The Balaban J connectivity index is 1.77. The SMILES string of the molecule is CC1(c2nc(C3CSCCN3)cs2)CC1. The van der Waals surface area contributed by atoms with Gasteiger partial charge in [0.2, 0.25) is 0 Å². The van der Waals surface area contributed by atoms with Crippen LogP contribution in [0.4, 0.5) is 0 Å². The Morgan fingerprint density at radius 2 is 2.40 bits per heavy atom. The van der Waals surface area contributed by atoms with E-state index in [4.69, 9.17) is 4.98 Å². The fourth-order valence-electron chi connectivity index (χ4n) is 1.88. The molecule has 1 aliphatic heterocycles. The Bertz CT molecular complexity index is 351. The first-order chi connectivity index (χ1) is 7.28. The molecule has 0 bridgehead atoms. The quantitative estimate of drug-likeness (QED) is 0.860. The summed E-state index contributed by atoms with van der Waals surface area (Å²) in [6, 6.07) is 0.496. The predicted molar refractivity (Wildman–Crippen MR) is 66.8 cm³/mol. The van der Waals surface area contributed by atoms with Crippen LogP contribution in [0.25, 0.3) is 0 Å². The van der Waals surface area contributed by atoms with Crippen LogP contribution >= 0.6 is 23.1 Å². The Hall–Kier alpha value is -0.0600. The van der Waals surface area contributed by atoms with Crippen molar-refractivity contribution in [3.63, 3.8) is 0 Å². The summed E-state index contributed by atoms with van der Waals surface area (Å²) < 4.78 is 0. The lowest BCUT2D eigenvalue weighted by molar-refractivity contribution is 0.579. The molecule has 1 aromatic heterocycles. The highest BCUT2D eigenvalue weighted by atomic mass is 32.2. The Morgan fingerprint density at radius 1 is 1.53 bits per heavy atom. The Kier molecular flexibility index (Phi) is 2.53. The van der Waals surface area contributed by atoms with Crippen LogP contribution in [0.15, 0.2) is 5.38 Å². The number of thiazole rings is 1. The molecule has 4 heteroatoms. The van der Waals surface area contributed by atoms with E-state index in [1.165, 1.54) is 35.0 Å². The van der Waals surface area contributed by atoms with Gasteiger partial charge >= 0.3 is 0 Å². The molecule has 3 rings (SSSR count). The first-order valence-corrected chi connectivity index (χ1v) is 7.58. The first-order valence-electron chi connectivity index (χ1n) is 5.55. The molecule has 1 atom stereocenters. The maximum Gasteiger partial charge on any atom is 0.0988 e. The van der Waals surface area contributed by atoms with Crippen molar-refractivity contribution >= 4 is 23.1 Å². The molecule has 1 unspecified atom stereocenters. The molecule has 0 amide bonds. The van der Waals surface area contributed by atoms with Crippen molar-refractivity contribution in [1.29, 1.82) is 0 Å². The van der Waals surface area contributed by atoms with Crippen LogP contribution in [0.3, 0.4) is 0 Å². The smallest absolute Gasteiger partial charge is 0.0988 e. The van der Waals surface area contributed by atoms with Crippen molar-refractivity contribution in [3.8, 4) is 0 Å². The molecule has 1 aliphatic carbocycles. The van der Waals surface area contributed by atoms with E-state index in [9.17, 15) is 0 Å². The molecule has 82 valence electrons. The van der Waals surface area contributed by atoms with Gasteiger partial charge in [-0.3, -0.25) is 0 Å². The minimum Gasteiger partial charge on any atom is -0.307 e. The average molecular weight is 240 g/mol. The number of rotatable bonds is 2. The van der Waals surface area contributed by atoms with Crippen molar-refractivity contribution < 1.29 is 0 Å². The van der Waals surface area contributed by atoms with Crippen LogP contribution in [0, 0.1) is 0 Å². The van der Waals surface area contributed by atoms with E-state index >= 15 is 0 Å². The zero-order valence-corrected chi connectivity index (χ0v) is 10.6. The highest BCUT2D eigenvalue weighted by Gasteiger charge is 2.42. The zero-order chi connectivity index (χ0) is 10.3. The normalized spacial score (nSPS) is 29.0. The van der Waals surface area contributed by atoms with Gasteiger partial charge in [-0.2, -0.15) is 11.8 Å². The summed E-state index contributed by atoms with van der Waals surface area (Å²) in [7, 11) is 0. The summed E-state index contributed by atoms with van der Waals surface area (Å²) in [5.41, 5.74) is 1.71. The third-order valence-electron chi connectivity index (χ3n) is 3.32. The van der Waals surface area contributed by atoms with Gasteiger partial charge in [0.25, 0.3) is 0 Å². The van der Waals surface area contributed by atoms with Crippen molar-refractivity contribution in [2.24, 2.45) is 0 Å². The van der Waals surface area contributed by atoms with Gasteiger partial charge in [0.05, 0.1) is 16.7 Å². The number of hydrogen-bond donors (Lipinski definition) is 1. The fourth-order valence-corrected chi connectivity index (χ4v) is 3.93. The van der Waals surface area contributed by atoms with E-state index in [1.807, 2.05) is 23.1 Å². The fraction of sp³-hybridized carbons (Fsp3) is 0.727. The van der Waals surface area contributed by atoms with Crippen LogP contribution in [0.1, 0.15) is 36.5 Å². The van der Waals surface area contributed by atoms with Crippen LogP contribution in [0.5, 0.6) is 0 Å². The minimum atomic E-state index is 0.435. The number of nitrogens with zero attached hydrogens (tertiary/aromatic N) is 1. The number of nitrogens with one attached hydrogen (secondary N) is 1. The summed E-state index contributed by atoms with van der Waals surface area (Å²) in [5.74, 6) is 2.42. The topological polar surface area (TPSA) is 24.9 Å². The molecule has 1 N–H and O–H groups in total. The van der Waals surface area contributed by atoms with Gasteiger partial charge in [-0.15, -0.1) is 11.3 Å². The molecule has 1 saturated heterocycles. The van der Waals surface area contributed by atoms with Gasteiger partial charge in [0.15, 0.2) is 0 Å². The monoisotopic (exact) mass is 240 g/mol. The van der Waals surface area contributed by atoms with Gasteiger partial charge in [0.1, 0.15) is 0 Å². The maximum atomic E-state index is 4.81. The number of aromatic nitrogens is 1. The maximum absolute atomic E-state index is 4.81. The minimum absolute atomic E-state index is 0.435. The molecule has 2 aliphatic rings. The Labute approximate surface area is 98.9 Å². The van der Waals surface area contributed by atoms with Gasteiger partial charge in [0, 0.05) is 28.8 Å².